The molecule has 0 spiro atoms. The predicted octanol–water partition coefficient (Wildman–Crippen LogP) is 2.92. The first kappa shape index (κ1) is 16.2. The molecule has 106 valence electrons. The number of guanidine groups is 1. The van der Waals surface area contributed by atoms with Crippen LogP contribution in [0.15, 0.2) is 29.3 Å². The van der Waals surface area contributed by atoms with E-state index in [1.54, 1.807) is 12.1 Å². The van der Waals surface area contributed by atoms with Gasteiger partial charge in [-0.3, -0.25) is 4.99 Å². The Bertz CT molecular complexity index is 438. The molecule has 3 nitrogen and oxygen atoms in total. The highest BCUT2D eigenvalue weighted by molar-refractivity contribution is 14.0. The molecule has 0 aromatic heterocycles. The number of nitrogens with two attached hydrogens (primary N) is 2. The molecule has 0 unspecified atom stereocenters. The fourth-order valence-electron chi connectivity index (χ4n) is 2.83. The Morgan fingerprint density at radius 1 is 1.21 bits per heavy atom. The molecular weight excluding hydrogens is 356 g/mol. The molecule has 0 atom stereocenters. The highest BCUT2D eigenvalue weighted by Gasteiger charge is 2.33. The van der Waals surface area contributed by atoms with E-state index < -0.39 is 0 Å². The highest BCUT2D eigenvalue weighted by Crippen LogP contribution is 2.39. The lowest BCUT2D eigenvalue weighted by atomic mass is 9.69. The van der Waals surface area contributed by atoms with E-state index in [1.807, 2.05) is 6.07 Å². The summed E-state index contributed by atoms with van der Waals surface area (Å²) < 4.78 is 13.4. The second-order valence-corrected chi connectivity index (χ2v) is 5.09. The minimum atomic E-state index is -0.192. The van der Waals surface area contributed by atoms with Crippen molar-refractivity contribution in [3.8, 4) is 0 Å². The molecule has 0 amide bonds. The zero-order chi connectivity index (χ0) is 13.0. The minimum Gasteiger partial charge on any atom is -0.370 e. The first-order valence-corrected chi connectivity index (χ1v) is 6.44. The van der Waals surface area contributed by atoms with E-state index in [1.165, 1.54) is 12.5 Å². The van der Waals surface area contributed by atoms with Crippen molar-refractivity contribution in [3.63, 3.8) is 0 Å². The molecule has 4 N–H and O–H groups in total. The van der Waals surface area contributed by atoms with Gasteiger partial charge in [-0.2, -0.15) is 0 Å². The van der Waals surface area contributed by atoms with Gasteiger partial charge in [0.1, 0.15) is 5.82 Å². The number of halogens is 2. The lowest BCUT2D eigenvalue weighted by Gasteiger charge is -2.36. The van der Waals surface area contributed by atoms with Crippen LogP contribution in [0.3, 0.4) is 0 Å². The maximum absolute atomic E-state index is 13.4. The highest BCUT2D eigenvalue weighted by atomic mass is 127. The maximum atomic E-state index is 13.4. The van der Waals surface area contributed by atoms with E-state index in [9.17, 15) is 4.39 Å². The van der Waals surface area contributed by atoms with Gasteiger partial charge in [0, 0.05) is 5.41 Å². The van der Waals surface area contributed by atoms with Crippen molar-refractivity contribution in [2.75, 3.05) is 6.54 Å². The Morgan fingerprint density at radius 3 is 2.47 bits per heavy atom. The zero-order valence-electron chi connectivity index (χ0n) is 10.9. The average molecular weight is 377 g/mol. The molecule has 1 aliphatic rings. The largest absolute Gasteiger partial charge is 0.370 e. The number of hydrogen-bond acceptors (Lipinski definition) is 1. The summed E-state index contributed by atoms with van der Waals surface area (Å²) >= 11 is 0. The molecule has 1 fully saturated rings. The molecule has 0 aliphatic heterocycles. The Hall–Kier alpha value is -0.850. The van der Waals surface area contributed by atoms with Crippen LogP contribution in [-0.2, 0) is 5.41 Å². The summed E-state index contributed by atoms with van der Waals surface area (Å²) in [6.07, 6.45) is 5.58. The van der Waals surface area contributed by atoms with E-state index in [-0.39, 0.29) is 41.2 Å². The molecule has 2 rings (SSSR count). The Labute approximate surface area is 130 Å². The summed E-state index contributed by atoms with van der Waals surface area (Å²) in [7, 11) is 0. The van der Waals surface area contributed by atoms with Crippen molar-refractivity contribution < 1.29 is 4.39 Å². The van der Waals surface area contributed by atoms with Crippen LogP contribution in [0.4, 0.5) is 4.39 Å². The van der Waals surface area contributed by atoms with Crippen LogP contribution in [0.2, 0.25) is 0 Å². The molecule has 0 heterocycles. The van der Waals surface area contributed by atoms with Crippen LogP contribution in [0.1, 0.15) is 37.7 Å². The molecule has 0 saturated heterocycles. The molecule has 5 heteroatoms. The van der Waals surface area contributed by atoms with Crippen molar-refractivity contribution >= 4 is 29.9 Å². The Balaban J connectivity index is 0.00000180. The minimum absolute atomic E-state index is 0. The van der Waals surface area contributed by atoms with Crippen molar-refractivity contribution in [3.05, 3.63) is 35.6 Å². The molecule has 19 heavy (non-hydrogen) atoms. The molecular formula is C14H21FIN3. The third kappa shape index (κ3) is 4.06. The summed E-state index contributed by atoms with van der Waals surface area (Å²) in [5.74, 6) is -0.0847. The second kappa shape index (κ2) is 7.07. The summed E-state index contributed by atoms with van der Waals surface area (Å²) in [4.78, 5) is 4.18. The summed E-state index contributed by atoms with van der Waals surface area (Å²) in [5, 5.41) is 0. The van der Waals surface area contributed by atoms with Crippen LogP contribution in [0, 0.1) is 5.82 Å². The number of hydrogen-bond donors (Lipinski definition) is 2. The topological polar surface area (TPSA) is 64.4 Å². The van der Waals surface area contributed by atoms with Crippen LogP contribution in [0.5, 0.6) is 0 Å². The monoisotopic (exact) mass is 377 g/mol. The van der Waals surface area contributed by atoms with Gasteiger partial charge in [0.2, 0.25) is 0 Å². The van der Waals surface area contributed by atoms with Crippen LogP contribution < -0.4 is 11.5 Å². The number of benzene rings is 1. The number of nitrogens with zero attached hydrogens (tertiary/aromatic N) is 1. The van der Waals surface area contributed by atoms with Crippen molar-refractivity contribution in [2.45, 2.75) is 37.5 Å². The lowest BCUT2D eigenvalue weighted by Crippen LogP contribution is -2.34. The van der Waals surface area contributed by atoms with Gasteiger partial charge in [0.15, 0.2) is 5.96 Å². The van der Waals surface area contributed by atoms with Gasteiger partial charge in [-0.1, -0.05) is 31.4 Å². The van der Waals surface area contributed by atoms with Crippen LogP contribution in [0.25, 0.3) is 0 Å². The molecule has 1 saturated carbocycles. The second-order valence-electron chi connectivity index (χ2n) is 5.09. The van der Waals surface area contributed by atoms with Crippen molar-refractivity contribution in [2.24, 2.45) is 16.5 Å². The lowest BCUT2D eigenvalue weighted by molar-refractivity contribution is 0.300. The van der Waals surface area contributed by atoms with Gasteiger partial charge in [0.25, 0.3) is 0 Å². The van der Waals surface area contributed by atoms with E-state index in [2.05, 4.69) is 4.99 Å². The smallest absolute Gasteiger partial charge is 0.185 e. The summed E-state index contributed by atoms with van der Waals surface area (Å²) in [6.45, 7) is 0.554. The quantitative estimate of drug-likeness (QED) is 0.483. The third-order valence-corrected chi connectivity index (χ3v) is 3.81. The number of aliphatic imine (C=N–C) groups is 1. The molecule has 1 aliphatic carbocycles. The SMILES string of the molecule is I.NC(N)=NCC1(c2cccc(F)c2)CCCCC1. The van der Waals surface area contributed by atoms with Gasteiger partial charge in [-0.15, -0.1) is 24.0 Å². The average Bonchev–Trinajstić information content (AvgIpc) is 2.37. The third-order valence-electron chi connectivity index (χ3n) is 3.81. The number of rotatable bonds is 3. The fourth-order valence-corrected chi connectivity index (χ4v) is 2.83. The van der Waals surface area contributed by atoms with Crippen LogP contribution >= 0.6 is 24.0 Å². The van der Waals surface area contributed by atoms with Gasteiger partial charge >= 0.3 is 0 Å². The van der Waals surface area contributed by atoms with E-state index in [4.69, 9.17) is 11.5 Å². The van der Waals surface area contributed by atoms with Gasteiger partial charge < -0.3 is 11.5 Å². The first-order chi connectivity index (χ1) is 8.62. The van der Waals surface area contributed by atoms with E-state index in [0.29, 0.717) is 6.54 Å². The van der Waals surface area contributed by atoms with Crippen molar-refractivity contribution in [1.82, 2.24) is 0 Å². The zero-order valence-corrected chi connectivity index (χ0v) is 13.3. The summed E-state index contributed by atoms with van der Waals surface area (Å²) in [5.41, 5.74) is 11.8. The van der Waals surface area contributed by atoms with Crippen molar-refractivity contribution in [1.29, 1.82) is 0 Å². The predicted molar refractivity (Wildman–Crippen MR) is 87.3 cm³/mol. The van der Waals surface area contributed by atoms with E-state index >= 15 is 0 Å². The fraction of sp³-hybridized carbons (Fsp3) is 0.500. The molecule has 0 bridgehead atoms. The Morgan fingerprint density at radius 2 is 1.89 bits per heavy atom. The van der Waals surface area contributed by atoms with Gasteiger partial charge in [-0.25, -0.2) is 4.39 Å². The first-order valence-electron chi connectivity index (χ1n) is 6.44. The van der Waals surface area contributed by atoms with Crippen LogP contribution in [-0.4, -0.2) is 12.5 Å². The Kier molecular flexibility index (Phi) is 6.03. The molecule has 1 aromatic carbocycles. The summed E-state index contributed by atoms with van der Waals surface area (Å²) in [6, 6.07) is 6.83. The molecule has 1 aromatic rings. The van der Waals surface area contributed by atoms with Gasteiger partial charge in [0.05, 0.1) is 6.54 Å². The van der Waals surface area contributed by atoms with E-state index in [0.717, 1.165) is 31.2 Å². The maximum Gasteiger partial charge on any atom is 0.185 e. The standard InChI is InChI=1S/C14H20FN3.HI/c15-12-6-4-5-11(9-12)14(10-18-13(16)17)7-2-1-3-8-14;/h4-6,9H,1-3,7-8,10H2,(H4,16,17,18);1H. The normalized spacial score (nSPS) is 17.3. The van der Waals surface area contributed by atoms with Gasteiger partial charge in [-0.05, 0) is 30.5 Å². The molecule has 0 radical (unpaired) electrons.